The molecule has 0 atom stereocenters. The molecule has 0 fully saturated rings. The predicted octanol–water partition coefficient (Wildman–Crippen LogP) is 7.51. The van der Waals surface area contributed by atoms with Crippen LogP contribution in [0.2, 0.25) is 0 Å². The van der Waals surface area contributed by atoms with Crippen LogP contribution >= 0.6 is 0 Å². The minimum atomic E-state index is -4.01. The third kappa shape index (κ3) is 11.3. The highest BCUT2D eigenvalue weighted by Crippen LogP contribution is 2.40. The van der Waals surface area contributed by atoms with Crippen molar-refractivity contribution in [3.8, 4) is 0 Å². The van der Waals surface area contributed by atoms with Gasteiger partial charge in [0.25, 0.3) is 20.0 Å². The molecule has 4 aliphatic rings. The molecule has 6 N–H and O–H groups in total. The Morgan fingerprint density at radius 2 is 0.937 bits per heavy atom. The SMILES string of the molecule is CC(C)(C)OC(=O)CCCc1ccc(S(=O)(=O)NC(=O)Nc2c3c(cc4c2CCC4)CCC3)cc1.NCCc1ccc(S(=O)(=O)NC(=O)Nc2c3c(cc4c2CCC4)CCC3)cc1. The van der Waals surface area contributed by atoms with Gasteiger partial charge in [0.05, 0.1) is 9.79 Å². The van der Waals surface area contributed by atoms with Gasteiger partial charge in [0.2, 0.25) is 0 Å². The van der Waals surface area contributed by atoms with Crippen molar-refractivity contribution in [1.29, 1.82) is 0 Å². The zero-order valence-electron chi connectivity index (χ0n) is 36.5. The molecule has 15 heteroatoms. The molecule has 0 aromatic heterocycles. The normalized spacial score (nSPS) is 15.0. The molecule has 0 bridgehead atoms. The standard InChI is InChI=1S/C27H34N2O5S.C21H25N3O3S/c1-27(2,3)34-24(30)12-4-7-18-13-15-21(16-14-18)35(32,33)29-26(31)28-25-22-10-5-8-19(22)17-20-9-6-11-23(20)25;22-12-11-14-7-9-17(10-8-14)28(26,27)24-21(25)23-20-18-5-1-3-15(18)13-16-4-2-6-19(16)20/h13-17H,4-12H2,1-3H3,(H2,28,29,31);7-10,13H,1-6,11-12,22H2,(H2,23,24,25). The van der Waals surface area contributed by atoms with Crippen molar-refractivity contribution in [2.75, 3.05) is 17.2 Å². The van der Waals surface area contributed by atoms with E-state index in [1.807, 2.05) is 20.8 Å². The molecule has 8 rings (SSSR count). The molecule has 336 valence electrons. The first kappa shape index (κ1) is 45.8. The number of benzene rings is 4. The number of rotatable bonds is 12. The molecular formula is C48H59N5O8S2. The largest absolute Gasteiger partial charge is 0.460 e. The second-order valence-corrected chi connectivity index (χ2v) is 21.2. The molecule has 63 heavy (non-hydrogen) atoms. The van der Waals surface area contributed by atoms with Crippen LogP contribution in [0.4, 0.5) is 21.0 Å². The number of nitrogens with two attached hydrogens (primary N) is 1. The lowest BCUT2D eigenvalue weighted by molar-refractivity contribution is -0.154. The lowest BCUT2D eigenvalue weighted by atomic mass is 9.99. The van der Waals surface area contributed by atoms with Gasteiger partial charge < -0.3 is 21.1 Å². The molecule has 0 aliphatic heterocycles. The van der Waals surface area contributed by atoms with Crippen molar-refractivity contribution in [3.63, 3.8) is 0 Å². The molecule has 4 aromatic carbocycles. The molecule has 0 unspecified atom stereocenters. The van der Waals surface area contributed by atoms with E-state index >= 15 is 0 Å². The Morgan fingerprint density at radius 1 is 0.571 bits per heavy atom. The summed E-state index contributed by atoms with van der Waals surface area (Å²) < 4.78 is 60.4. The molecule has 13 nitrogen and oxygen atoms in total. The van der Waals surface area contributed by atoms with Crippen molar-refractivity contribution in [1.82, 2.24) is 9.44 Å². The molecule has 4 aromatic rings. The summed E-state index contributed by atoms with van der Waals surface area (Å²) in [5, 5.41) is 5.72. The highest BCUT2D eigenvalue weighted by atomic mass is 32.2. The van der Waals surface area contributed by atoms with Gasteiger partial charge in [0.15, 0.2) is 0 Å². The van der Waals surface area contributed by atoms with Gasteiger partial charge in [-0.2, -0.15) is 0 Å². The highest BCUT2D eigenvalue weighted by Gasteiger charge is 2.28. The number of esters is 1. The van der Waals surface area contributed by atoms with E-state index in [4.69, 9.17) is 10.5 Å². The predicted molar refractivity (Wildman–Crippen MR) is 244 cm³/mol. The van der Waals surface area contributed by atoms with Gasteiger partial charge in [-0.15, -0.1) is 0 Å². The summed E-state index contributed by atoms with van der Waals surface area (Å²) >= 11 is 0. The van der Waals surface area contributed by atoms with Gasteiger partial charge in [-0.25, -0.2) is 35.9 Å². The molecule has 4 amide bonds. The maximum atomic E-state index is 12.8. The van der Waals surface area contributed by atoms with Crippen LogP contribution in [0.1, 0.15) is 115 Å². The van der Waals surface area contributed by atoms with Crippen molar-refractivity contribution in [3.05, 3.63) is 116 Å². The van der Waals surface area contributed by atoms with Crippen LogP contribution in [0.25, 0.3) is 0 Å². The molecule has 0 radical (unpaired) electrons. The Bertz CT molecular complexity index is 2540. The number of hydrogen-bond donors (Lipinski definition) is 5. The Kier molecular flexibility index (Phi) is 14.0. The van der Waals surface area contributed by atoms with Gasteiger partial charge in [0.1, 0.15) is 5.60 Å². The van der Waals surface area contributed by atoms with Crippen molar-refractivity contribution in [2.45, 2.75) is 139 Å². The van der Waals surface area contributed by atoms with E-state index in [-0.39, 0.29) is 15.8 Å². The number of aryl methyl sites for hydroxylation is 5. The van der Waals surface area contributed by atoms with Crippen LogP contribution in [-0.4, -0.2) is 47.0 Å². The molecule has 0 saturated carbocycles. The number of nitrogens with one attached hydrogen (secondary N) is 4. The van der Waals surface area contributed by atoms with E-state index in [0.29, 0.717) is 32.2 Å². The van der Waals surface area contributed by atoms with E-state index in [0.717, 1.165) is 111 Å². The fraction of sp³-hybridized carbons (Fsp3) is 0.438. The number of hydrogen-bond acceptors (Lipinski definition) is 9. The quantitative estimate of drug-likeness (QED) is 0.0892. The average molecular weight is 898 g/mol. The fourth-order valence-corrected chi connectivity index (χ4v) is 11.1. The van der Waals surface area contributed by atoms with Gasteiger partial charge >= 0.3 is 18.0 Å². The maximum absolute atomic E-state index is 12.8. The smallest absolute Gasteiger partial charge is 0.333 e. The van der Waals surface area contributed by atoms with E-state index < -0.39 is 37.7 Å². The summed E-state index contributed by atoms with van der Waals surface area (Å²) in [5.41, 5.74) is 18.3. The average Bonchev–Trinajstić information content (AvgIpc) is 4.06. The van der Waals surface area contributed by atoms with Crippen LogP contribution < -0.4 is 25.8 Å². The fourth-order valence-electron chi connectivity index (χ4n) is 9.24. The maximum Gasteiger partial charge on any atom is 0.333 e. The number of fused-ring (bicyclic) bond motifs is 4. The molecule has 0 heterocycles. The second-order valence-electron chi connectivity index (χ2n) is 17.9. The number of amides is 4. The monoisotopic (exact) mass is 897 g/mol. The lowest BCUT2D eigenvalue weighted by Crippen LogP contribution is -2.35. The molecule has 0 spiro atoms. The summed E-state index contributed by atoms with van der Waals surface area (Å²) in [6.45, 7) is 5.99. The van der Waals surface area contributed by atoms with Crippen molar-refractivity contribution >= 4 is 49.5 Å². The first-order valence-corrected chi connectivity index (χ1v) is 25.1. The van der Waals surface area contributed by atoms with Crippen molar-refractivity contribution in [2.24, 2.45) is 5.73 Å². The minimum absolute atomic E-state index is 0.0204. The van der Waals surface area contributed by atoms with Gasteiger partial charge in [-0.3, -0.25) is 4.79 Å². The topological polar surface area (TPSA) is 203 Å². The number of carbonyl (C=O) groups excluding carboxylic acids is 3. The molecule has 0 saturated heterocycles. The number of anilines is 2. The molecule has 4 aliphatic carbocycles. The van der Waals surface area contributed by atoms with E-state index in [1.54, 1.807) is 24.3 Å². The highest BCUT2D eigenvalue weighted by molar-refractivity contribution is 7.90. The van der Waals surface area contributed by atoms with E-state index in [1.165, 1.54) is 57.6 Å². The Hall–Kier alpha value is -5.25. The summed E-state index contributed by atoms with van der Waals surface area (Å²) in [6.07, 6.45) is 14.1. The minimum Gasteiger partial charge on any atom is -0.460 e. The van der Waals surface area contributed by atoms with E-state index in [2.05, 4.69) is 32.2 Å². The van der Waals surface area contributed by atoms with Gasteiger partial charge in [-0.05, 0) is 204 Å². The van der Waals surface area contributed by atoms with Crippen LogP contribution in [-0.2, 0) is 93.8 Å². The van der Waals surface area contributed by atoms with Crippen molar-refractivity contribution < 1.29 is 36.0 Å². The van der Waals surface area contributed by atoms with Gasteiger partial charge in [-0.1, -0.05) is 36.4 Å². The van der Waals surface area contributed by atoms with Crippen LogP contribution in [0.15, 0.2) is 70.5 Å². The first-order valence-electron chi connectivity index (χ1n) is 22.1. The summed E-state index contributed by atoms with van der Waals surface area (Å²) in [5.74, 6) is -0.249. The Morgan fingerprint density at radius 3 is 1.29 bits per heavy atom. The van der Waals surface area contributed by atoms with Crippen LogP contribution in [0, 0.1) is 0 Å². The number of ether oxygens (including phenoxy) is 1. The second kappa shape index (κ2) is 19.2. The zero-order valence-corrected chi connectivity index (χ0v) is 38.1. The van der Waals surface area contributed by atoms with E-state index in [9.17, 15) is 31.2 Å². The summed E-state index contributed by atoms with van der Waals surface area (Å²) in [7, 11) is -7.95. The third-order valence-corrected chi connectivity index (χ3v) is 14.7. The van der Waals surface area contributed by atoms with Gasteiger partial charge in [0, 0.05) is 17.8 Å². The third-order valence-electron chi connectivity index (χ3n) is 12.0. The number of urea groups is 2. The summed E-state index contributed by atoms with van der Waals surface area (Å²) in [6, 6.07) is 15.9. The molecular weight excluding hydrogens is 839 g/mol. The first-order chi connectivity index (χ1) is 30.0. The van der Waals surface area contributed by atoms with Crippen LogP contribution in [0.3, 0.4) is 0 Å². The summed E-state index contributed by atoms with van der Waals surface area (Å²) in [4.78, 5) is 37.2. The number of carbonyl (C=O) groups is 3. The Balaban J connectivity index is 0.000000193. The lowest BCUT2D eigenvalue weighted by Gasteiger charge is -2.19. The Labute approximate surface area is 371 Å². The zero-order chi connectivity index (χ0) is 44.9. The number of sulfonamides is 2. The van der Waals surface area contributed by atoms with Crippen LogP contribution in [0.5, 0.6) is 0 Å².